The molecule has 2 aliphatic rings. The number of carboxylic acids is 1. The smallest absolute Gasteiger partial charge is 0.324 e. The number of anilines is 1. The predicted molar refractivity (Wildman–Crippen MR) is 120 cm³/mol. The fourth-order valence-electron chi connectivity index (χ4n) is 5.09. The van der Waals surface area contributed by atoms with Gasteiger partial charge in [-0.05, 0) is 42.2 Å². The van der Waals surface area contributed by atoms with Crippen molar-refractivity contribution in [1.29, 1.82) is 0 Å². The predicted octanol–water partition coefficient (Wildman–Crippen LogP) is 3.67. The van der Waals surface area contributed by atoms with E-state index in [4.69, 9.17) is 16.3 Å². The topological polar surface area (TPSA) is 95.9 Å². The van der Waals surface area contributed by atoms with E-state index in [1.807, 2.05) is 13.8 Å². The van der Waals surface area contributed by atoms with Crippen LogP contribution >= 0.6 is 11.6 Å². The molecule has 2 heterocycles. The Morgan fingerprint density at radius 1 is 1.16 bits per heavy atom. The van der Waals surface area contributed by atoms with Crippen LogP contribution < -0.4 is 15.0 Å². The zero-order chi connectivity index (χ0) is 23.2. The van der Waals surface area contributed by atoms with Crippen molar-refractivity contribution >= 4 is 35.1 Å². The van der Waals surface area contributed by atoms with Crippen LogP contribution in [0.3, 0.4) is 0 Å². The van der Waals surface area contributed by atoms with Crippen molar-refractivity contribution in [2.24, 2.45) is 17.8 Å². The second-order valence-electron chi connectivity index (χ2n) is 8.74. The standard InChI is InChI=1S/C24H25ClN2O5/c1-13(2)12-24(23(30)31)19-18(20(26-24)14-8-10-15(32-3)11-9-14)21(28)27(22(19)29)17-7-5-4-6-16(17)25/h4-11,13,18-20,26H,12H2,1-3H3,(H,30,31)/t18-,19-,20-,24-/m0/s1. The number of hydrogen-bond donors (Lipinski definition) is 2. The number of ether oxygens (including phenoxy) is 1. The summed E-state index contributed by atoms with van der Waals surface area (Å²) in [6, 6.07) is 13.0. The van der Waals surface area contributed by atoms with E-state index in [1.54, 1.807) is 55.6 Å². The van der Waals surface area contributed by atoms with Crippen molar-refractivity contribution in [2.75, 3.05) is 12.0 Å². The van der Waals surface area contributed by atoms with E-state index in [0.29, 0.717) is 5.75 Å². The Bertz CT molecular complexity index is 1070. The average molecular weight is 457 g/mol. The van der Waals surface area contributed by atoms with E-state index in [9.17, 15) is 19.5 Å². The van der Waals surface area contributed by atoms with Crippen LogP contribution in [0.5, 0.6) is 5.75 Å². The molecule has 0 saturated carbocycles. The second-order valence-corrected chi connectivity index (χ2v) is 9.14. The van der Waals surface area contributed by atoms with Crippen LogP contribution in [0.25, 0.3) is 0 Å². The Hall–Kier alpha value is -2.90. The third kappa shape index (κ3) is 3.36. The number of imide groups is 1. The van der Waals surface area contributed by atoms with Crippen molar-refractivity contribution in [1.82, 2.24) is 5.32 Å². The summed E-state index contributed by atoms with van der Waals surface area (Å²) in [4.78, 5) is 41.0. The molecule has 2 aliphatic heterocycles. The number of fused-ring (bicyclic) bond motifs is 1. The number of methoxy groups -OCH3 is 1. The zero-order valence-corrected chi connectivity index (χ0v) is 18.8. The van der Waals surface area contributed by atoms with Gasteiger partial charge in [0.05, 0.1) is 29.7 Å². The van der Waals surface area contributed by atoms with E-state index in [1.165, 1.54) is 0 Å². The first kappa shape index (κ1) is 22.3. The quantitative estimate of drug-likeness (QED) is 0.644. The van der Waals surface area contributed by atoms with Gasteiger partial charge in [-0.1, -0.05) is 49.7 Å². The zero-order valence-electron chi connectivity index (χ0n) is 18.0. The fraction of sp³-hybridized carbons (Fsp3) is 0.375. The van der Waals surface area contributed by atoms with Gasteiger partial charge in [-0.15, -0.1) is 0 Å². The SMILES string of the molecule is COc1ccc([C@@H]2N[C@](CC(C)C)(C(=O)O)[C@@H]3C(=O)N(c4ccccc4Cl)C(=O)[C@@H]32)cc1. The van der Waals surface area contributed by atoms with Crippen molar-refractivity contribution in [2.45, 2.75) is 31.8 Å². The number of aliphatic carboxylic acids is 1. The lowest BCUT2D eigenvalue weighted by Crippen LogP contribution is -2.56. The first-order valence-electron chi connectivity index (χ1n) is 10.5. The number of benzene rings is 2. The molecule has 2 fully saturated rings. The number of hydrogen-bond acceptors (Lipinski definition) is 5. The van der Waals surface area contributed by atoms with Gasteiger partial charge >= 0.3 is 5.97 Å². The van der Waals surface area contributed by atoms with Crippen LogP contribution in [0, 0.1) is 17.8 Å². The molecular formula is C24H25ClN2O5. The normalized spacial score (nSPS) is 27.2. The monoisotopic (exact) mass is 456 g/mol. The number of halogens is 1. The molecule has 4 atom stereocenters. The minimum absolute atomic E-state index is 0.0221. The summed E-state index contributed by atoms with van der Waals surface area (Å²) in [5, 5.41) is 13.8. The molecule has 4 rings (SSSR count). The number of nitrogens with one attached hydrogen (secondary N) is 1. The maximum Gasteiger partial charge on any atom is 0.324 e. The number of amides is 2. The van der Waals surface area contributed by atoms with Crippen molar-refractivity contribution in [3.63, 3.8) is 0 Å². The van der Waals surface area contributed by atoms with Gasteiger partial charge in [-0.25, -0.2) is 4.90 Å². The number of para-hydroxylation sites is 1. The molecule has 8 heteroatoms. The number of carboxylic acid groups (broad SMARTS) is 1. The first-order valence-corrected chi connectivity index (χ1v) is 10.9. The van der Waals surface area contributed by atoms with Crippen LogP contribution in [-0.2, 0) is 14.4 Å². The molecule has 32 heavy (non-hydrogen) atoms. The molecule has 0 bridgehead atoms. The lowest BCUT2D eigenvalue weighted by molar-refractivity contribution is -0.149. The Morgan fingerprint density at radius 3 is 2.38 bits per heavy atom. The number of carbonyl (C=O) groups excluding carboxylic acids is 2. The molecular weight excluding hydrogens is 432 g/mol. The fourth-order valence-corrected chi connectivity index (χ4v) is 5.31. The number of nitrogens with zero attached hydrogens (tertiary/aromatic N) is 1. The van der Waals surface area contributed by atoms with E-state index in [-0.39, 0.29) is 23.0 Å². The Labute approximate surface area is 191 Å². The molecule has 2 amide bonds. The average Bonchev–Trinajstić information content (AvgIpc) is 3.23. The molecule has 2 aromatic carbocycles. The van der Waals surface area contributed by atoms with Crippen molar-refractivity contribution < 1.29 is 24.2 Å². The molecule has 0 aliphatic carbocycles. The van der Waals surface area contributed by atoms with Crippen molar-refractivity contribution in [3.05, 3.63) is 59.1 Å². The van der Waals surface area contributed by atoms with Crippen LogP contribution in [-0.4, -0.2) is 35.5 Å². The minimum atomic E-state index is -1.58. The van der Waals surface area contributed by atoms with Gasteiger partial charge in [0.1, 0.15) is 11.3 Å². The molecule has 2 aromatic rings. The second kappa shape index (κ2) is 8.22. The van der Waals surface area contributed by atoms with Crippen LogP contribution in [0.2, 0.25) is 5.02 Å². The lowest BCUT2D eigenvalue weighted by atomic mass is 9.75. The molecule has 0 unspecified atom stereocenters. The maximum absolute atomic E-state index is 13.7. The molecule has 168 valence electrons. The largest absolute Gasteiger partial charge is 0.497 e. The summed E-state index contributed by atoms with van der Waals surface area (Å²) in [5.41, 5.74) is -0.586. The summed E-state index contributed by atoms with van der Waals surface area (Å²) < 4.78 is 5.22. The van der Waals surface area contributed by atoms with Gasteiger partial charge in [0, 0.05) is 6.04 Å². The van der Waals surface area contributed by atoms with Crippen LogP contribution in [0.1, 0.15) is 31.9 Å². The van der Waals surface area contributed by atoms with Gasteiger partial charge in [-0.3, -0.25) is 19.7 Å². The molecule has 2 N–H and O–H groups in total. The van der Waals surface area contributed by atoms with E-state index < -0.39 is 41.2 Å². The third-order valence-electron chi connectivity index (χ3n) is 6.33. The summed E-state index contributed by atoms with van der Waals surface area (Å²) in [6.07, 6.45) is 0.200. The molecule has 7 nitrogen and oxygen atoms in total. The highest BCUT2D eigenvalue weighted by atomic mass is 35.5. The van der Waals surface area contributed by atoms with Crippen LogP contribution in [0.15, 0.2) is 48.5 Å². The van der Waals surface area contributed by atoms with E-state index in [0.717, 1.165) is 10.5 Å². The van der Waals surface area contributed by atoms with Crippen LogP contribution in [0.4, 0.5) is 5.69 Å². The number of rotatable bonds is 6. The number of carbonyl (C=O) groups is 3. The van der Waals surface area contributed by atoms with Gasteiger partial charge in [0.2, 0.25) is 11.8 Å². The summed E-state index contributed by atoms with van der Waals surface area (Å²) in [5.74, 6) is -3.44. The summed E-state index contributed by atoms with van der Waals surface area (Å²) in [6.45, 7) is 3.80. The first-order chi connectivity index (χ1) is 15.2. The van der Waals surface area contributed by atoms with E-state index in [2.05, 4.69) is 5.32 Å². The highest BCUT2D eigenvalue weighted by Gasteiger charge is 2.68. The van der Waals surface area contributed by atoms with E-state index >= 15 is 0 Å². The molecule has 0 spiro atoms. The maximum atomic E-state index is 13.7. The Balaban J connectivity index is 1.86. The van der Waals surface area contributed by atoms with Gasteiger partial charge in [-0.2, -0.15) is 0 Å². The van der Waals surface area contributed by atoms with Gasteiger partial charge in [0.25, 0.3) is 0 Å². The highest BCUT2D eigenvalue weighted by Crippen LogP contribution is 2.52. The summed E-state index contributed by atoms with van der Waals surface area (Å²) >= 11 is 6.30. The Morgan fingerprint density at radius 2 is 1.81 bits per heavy atom. The highest BCUT2D eigenvalue weighted by molar-refractivity contribution is 6.36. The summed E-state index contributed by atoms with van der Waals surface area (Å²) in [7, 11) is 1.55. The minimum Gasteiger partial charge on any atom is -0.497 e. The molecule has 0 aromatic heterocycles. The third-order valence-corrected chi connectivity index (χ3v) is 6.65. The Kier molecular flexibility index (Phi) is 5.73. The lowest BCUT2D eigenvalue weighted by Gasteiger charge is -2.32. The van der Waals surface area contributed by atoms with Gasteiger partial charge in [0.15, 0.2) is 0 Å². The van der Waals surface area contributed by atoms with Crippen molar-refractivity contribution in [3.8, 4) is 5.75 Å². The van der Waals surface area contributed by atoms with Gasteiger partial charge < -0.3 is 9.84 Å². The molecule has 0 radical (unpaired) electrons. The molecule has 2 saturated heterocycles.